The summed E-state index contributed by atoms with van der Waals surface area (Å²) in [6, 6.07) is 13.0. The molecule has 3 heteroatoms. The fourth-order valence-corrected chi connectivity index (χ4v) is 2.15. The summed E-state index contributed by atoms with van der Waals surface area (Å²) < 4.78 is 5.81. The summed E-state index contributed by atoms with van der Waals surface area (Å²) in [7, 11) is 0. The third-order valence-electron chi connectivity index (χ3n) is 3.32. The molecule has 0 heterocycles. The second kappa shape index (κ2) is 6.44. The van der Waals surface area contributed by atoms with E-state index >= 15 is 0 Å². The van der Waals surface area contributed by atoms with Gasteiger partial charge in [0.2, 0.25) is 0 Å². The number of aryl methyl sites for hydroxylation is 1. The predicted molar refractivity (Wildman–Crippen MR) is 83.0 cm³/mol. The van der Waals surface area contributed by atoms with Crippen LogP contribution >= 0.6 is 0 Å². The highest BCUT2D eigenvalue weighted by Crippen LogP contribution is 2.23. The van der Waals surface area contributed by atoms with Crippen LogP contribution < -0.4 is 4.74 Å². The number of carboxylic acids is 1. The normalized spacial score (nSPS) is 10.7. The van der Waals surface area contributed by atoms with Crippen molar-refractivity contribution in [3.63, 3.8) is 0 Å². The fraction of sp³-hybridized carbons (Fsp3) is 0.278. The summed E-state index contributed by atoms with van der Waals surface area (Å²) in [5.74, 6) is 0.344. The molecule has 0 bridgehead atoms. The summed E-state index contributed by atoms with van der Waals surface area (Å²) in [6.07, 6.45) is 0. The van der Waals surface area contributed by atoms with Crippen molar-refractivity contribution in [3.8, 4) is 5.75 Å². The van der Waals surface area contributed by atoms with Crippen molar-refractivity contribution in [2.75, 3.05) is 0 Å². The van der Waals surface area contributed by atoms with Gasteiger partial charge < -0.3 is 9.84 Å². The molecule has 0 atom stereocenters. The molecule has 1 N–H and O–H groups in total. The molecule has 0 aliphatic heterocycles. The van der Waals surface area contributed by atoms with Gasteiger partial charge in [-0.3, -0.25) is 0 Å². The molecular formula is C18H20O3. The molecule has 0 amide bonds. The number of carbonyl (C=O) groups is 1. The quantitative estimate of drug-likeness (QED) is 0.885. The Kier molecular flexibility index (Phi) is 4.63. The van der Waals surface area contributed by atoms with Gasteiger partial charge in [0.1, 0.15) is 12.4 Å². The Morgan fingerprint density at radius 2 is 1.95 bits per heavy atom. The Morgan fingerprint density at radius 3 is 2.62 bits per heavy atom. The Labute approximate surface area is 125 Å². The number of rotatable bonds is 5. The lowest BCUT2D eigenvalue weighted by atomic mass is 10.0. The molecule has 0 fully saturated rings. The van der Waals surface area contributed by atoms with Crippen LogP contribution in [0.25, 0.3) is 0 Å². The van der Waals surface area contributed by atoms with Gasteiger partial charge in [-0.15, -0.1) is 0 Å². The summed E-state index contributed by atoms with van der Waals surface area (Å²) in [4.78, 5) is 11.0. The number of hydrogen-bond acceptors (Lipinski definition) is 2. The Balaban J connectivity index is 2.13. The van der Waals surface area contributed by atoms with E-state index in [1.807, 2.05) is 25.1 Å². The molecule has 0 radical (unpaired) electrons. The lowest BCUT2D eigenvalue weighted by Gasteiger charge is -2.12. The summed E-state index contributed by atoms with van der Waals surface area (Å²) >= 11 is 0. The van der Waals surface area contributed by atoms with Crippen LogP contribution in [0.2, 0.25) is 0 Å². The second-order valence-corrected chi connectivity index (χ2v) is 5.53. The number of ether oxygens (including phenoxy) is 1. The Bertz CT molecular complexity index is 645. The standard InChI is InChI=1S/C18H20O3/c1-12(2)16-7-13(3)8-17(10-16)21-11-14-5-4-6-15(9-14)18(19)20/h4-10,12H,11H2,1-3H3,(H,19,20). The molecule has 0 aliphatic rings. The number of aromatic carboxylic acids is 1. The minimum atomic E-state index is -0.922. The second-order valence-electron chi connectivity index (χ2n) is 5.53. The maximum absolute atomic E-state index is 11.0. The molecule has 0 aromatic heterocycles. The van der Waals surface area contributed by atoms with Gasteiger partial charge in [0.15, 0.2) is 0 Å². The first-order chi connectivity index (χ1) is 9.95. The summed E-state index contributed by atoms with van der Waals surface area (Å²) in [5, 5.41) is 8.99. The topological polar surface area (TPSA) is 46.5 Å². The highest BCUT2D eigenvalue weighted by Gasteiger charge is 2.06. The zero-order chi connectivity index (χ0) is 15.4. The molecule has 110 valence electrons. The van der Waals surface area contributed by atoms with Gasteiger partial charge in [-0.25, -0.2) is 4.79 Å². The van der Waals surface area contributed by atoms with Crippen molar-refractivity contribution in [2.45, 2.75) is 33.3 Å². The van der Waals surface area contributed by atoms with E-state index in [9.17, 15) is 4.79 Å². The summed E-state index contributed by atoms with van der Waals surface area (Å²) in [6.45, 7) is 6.70. The molecule has 0 saturated heterocycles. The Hall–Kier alpha value is -2.29. The minimum Gasteiger partial charge on any atom is -0.489 e. The van der Waals surface area contributed by atoms with Crippen LogP contribution in [0.5, 0.6) is 5.75 Å². The van der Waals surface area contributed by atoms with Crippen molar-refractivity contribution in [3.05, 3.63) is 64.7 Å². The van der Waals surface area contributed by atoms with Gasteiger partial charge in [-0.1, -0.05) is 32.0 Å². The van der Waals surface area contributed by atoms with E-state index in [0.29, 0.717) is 12.5 Å². The van der Waals surface area contributed by atoms with Gasteiger partial charge >= 0.3 is 5.97 Å². The van der Waals surface area contributed by atoms with Crippen molar-refractivity contribution in [1.82, 2.24) is 0 Å². The molecule has 21 heavy (non-hydrogen) atoms. The first kappa shape index (κ1) is 15.1. The molecule has 2 aromatic carbocycles. The predicted octanol–water partition coefficient (Wildman–Crippen LogP) is 4.40. The average molecular weight is 284 g/mol. The van der Waals surface area contributed by atoms with E-state index in [1.165, 1.54) is 5.56 Å². The highest BCUT2D eigenvalue weighted by molar-refractivity contribution is 5.87. The SMILES string of the molecule is Cc1cc(OCc2cccc(C(=O)O)c2)cc(C(C)C)c1. The zero-order valence-electron chi connectivity index (χ0n) is 12.6. The molecular weight excluding hydrogens is 264 g/mol. The fourth-order valence-electron chi connectivity index (χ4n) is 2.15. The molecule has 0 unspecified atom stereocenters. The van der Waals surface area contributed by atoms with E-state index in [1.54, 1.807) is 18.2 Å². The van der Waals surface area contributed by atoms with E-state index < -0.39 is 5.97 Å². The third kappa shape index (κ3) is 4.09. The van der Waals surface area contributed by atoms with Crippen LogP contribution in [0.15, 0.2) is 42.5 Å². The monoisotopic (exact) mass is 284 g/mol. The van der Waals surface area contributed by atoms with Gasteiger partial charge in [-0.05, 0) is 53.8 Å². The largest absolute Gasteiger partial charge is 0.489 e. The summed E-state index contributed by atoms with van der Waals surface area (Å²) in [5.41, 5.74) is 3.53. The first-order valence-corrected chi connectivity index (χ1v) is 7.02. The van der Waals surface area contributed by atoms with Gasteiger partial charge in [0.25, 0.3) is 0 Å². The maximum atomic E-state index is 11.0. The molecule has 2 rings (SSSR count). The highest BCUT2D eigenvalue weighted by atomic mass is 16.5. The van der Waals surface area contributed by atoms with Crippen molar-refractivity contribution in [2.24, 2.45) is 0 Å². The minimum absolute atomic E-state index is 0.281. The molecule has 3 nitrogen and oxygen atoms in total. The maximum Gasteiger partial charge on any atom is 0.335 e. The van der Waals surface area contributed by atoms with Crippen LogP contribution in [-0.2, 0) is 6.61 Å². The van der Waals surface area contributed by atoms with Crippen molar-refractivity contribution < 1.29 is 14.6 Å². The first-order valence-electron chi connectivity index (χ1n) is 7.02. The van der Waals surface area contributed by atoms with Gasteiger partial charge in [0.05, 0.1) is 5.56 Å². The van der Waals surface area contributed by atoms with Gasteiger partial charge in [0, 0.05) is 0 Å². The number of hydrogen-bond donors (Lipinski definition) is 1. The van der Waals surface area contributed by atoms with E-state index in [0.717, 1.165) is 16.9 Å². The van der Waals surface area contributed by atoms with E-state index in [4.69, 9.17) is 9.84 Å². The van der Waals surface area contributed by atoms with Crippen LogP contribution in [0.4, 0.5) is 0 Å². The van der Waals surface area contributed by atoms with Crippen molar-refractivity contribution >= 4 is 5.97 Å². The number of benzene rings is 2. The van der Waals surface area contributed by atoms with Crippen LogP contribution in [-0.4, -0.2) is 11.1 Å². The number of carboxylic acid groups (broad SMARTS) is 1. The van der Waals surface area contributed by atoms with Crippen LogP contribution in [0.1, 0.15) is 46.8 Å². The Morgan fingerprint density at radius 1 is 1.19 bits per heavy atom. The molecule has 0 saturated carbocycles. The lowest BCUT2D eigenvalue weighted by molar-refractivity contribution is 0.0696. The smallest absolute Gasteiger partial charge is 0.335 e. The van der Waals surface area contributed by atoms with E-state index in [2.05, 4.69) is 19.9 Å². The molecule has 2 aromatic rings. The van der Waals surface area contributed by atoms with Gasteiger partial charge in [-0.2, -0.15) is 0 Å². The van der Waals surface area contributed by atoms with E-state index in [-0.39, 0.29) is 5.56 Å². The van der Waals surface area contributed by atoms with Crippen LogP contribution in [0, 0.1) is 6.92 Å². The third-order valence-corrected chi connectivity index (χ3v) is 3.32. The van der Waals surface area contributed by atoms with Crippen LogP contribution in [0.3, 0.4) is 0 Å². The lowest BCUT2D eigenvalue weighted by Crippen LogP contribution is -2.01. The van der Waals surface area contributed by atoms with Crippen molar-refractivity contribution in [1.29, 1.82) is 0 Å². The molecule has 0 spiro atoms. The average Bonchev–Trinajstić information content (AvgIpc) is 2.45. The zero-order valence-corrected chi connectivity index (χ0v) is 12.6. The molecule has 0 aliphatic carbocycles.